The molecule has 2 aromatic heterocycles. The molecule has 0 bridgehead atoms. The molecule has 0 amide bonds. The first-order valence-electron chi connectivity index (χ1n) is 10.3. The summed E-state index contributed by atoms with van der Waals surface area (Å²) in [7, 11) is 2.16. The average Bonchev–Trinajstić information content (AvgIpc) is 3.23. The third kappa shape index (κ3) is 4.71. The molecule has 154 valence electrons. The van der Waals surface area contributed by atoms with Gasteiger partial charge in [0.1, 0.15) is 17.1 Å². The van der Waals surface area contributed by atoms with Crippen LogP contribution in [0.3, 0.4) is 0 Å². The third-order valence-corrected chi connectivity index (χ3v) is 5.88. The maximum atomic E-state index is 11.6. The minimum atomic E-state index is -1.02. The van der Waals surface area contributed by atoms with Crippen LogP contribution in [0.15, 0.2) is 24.5 Å². The van der Waals surface area contributed by atoms with Gasteiger partial charge < -0.3 is 20.6 Å². The number of hydrogen-bond acceptors (Lipinski definition) is 7. The van der Waals surface area contributed by atoms with E-state index < -0.39 is 5.97 Å². The van der Waals surface area contributed by atoms with Crippen molar-refractivity contribution < 1.29 is 9.90 Å². The molecule has 1 aliphatic carbocycles. The fourth-order valence-electron chi connectivity index (χ4n) is 4.08. The third-order valence-electron chi connectivity index (χ3n) is 5.88. The number of nitrogens with one attached hydrogen (secondary N) is 2. The highest BCUT2D eigenvalue weighted by Crippen LogP contribution is 2.25. The summed E-state index contributed by atoms with van der Waals surface area (Å²) in [4.78, 5) is 27.2. The number of carboxylic acids is 1. The lowest BCUT2D eigenvalue weighted by Crippen LogP contribution is -2.50. The molecule has 3 N–H and O–H groups in total. The Morgan fingerprint density at radius 1 is 1.28 bits per heavy atom. The molecule has 2 aromatic rings. The van der Waals surface area contributed by atoms with Gasteiger partial charge >= 0.3 is 5.97 Å². The van der Waals surface area contributed by atoms with Crippen molar-refractivity contribution in [2.75, 3.05) is 32.0 Å². The number of carboxylic acid groups (broad SMARTS) is 1. The second-order valence-electron chi connectivity index (χ2n) is 7.98. The molecule has 1 unspecified atom stereocenters. The van der Waals surface area contributed by atoms with E-state index in [4.69, 9.17) is 0 Å². The smallest absolute Gasteiger partial charge is 0.341 e. The summed E-state index contributed by atoms with van der Waals surface area (Å²) in [6.45, 7) is 3.07. The minimum Gasteiger partial charge on any atom is -0.477 e. The summed E-state index contributed by atoms with van der Waals surface area (Å²) in [5.41, 5.74) is 1.92. The van der Waals surface area contributed by atoms with Gasteiger partial charge in [0.25, 0.3) is 0 Å². The molecule has 1 saturated carbocycles. The fourth-order valence-corrected chi connectivity index (χ4v) is 4.08. The number of aromatic carboxylic acids is 1. The quantitative estimate of drug-likeness (QED) is 0.682. The van der Waals surface area contributed by atoms with Gasteiger partial charge in [-0.05, 0) is 37.9 Å². The first-order chi connectivity index (χ1) is 14.1. The van der Waals surface area contributed by atoms with Crippen molar-refractivity contribution in [2.45, 2.75) is 44.2 Å². The van der Waals surface area contributed by atoms with Crippen LogP contribution in [-0.2, 0) is 6.42 Å². The molecule has 0 spiro atoms. The molecule has 4 rings (SSSR count). The molecule has 1 atom stereocenters. The molecule has 3 heterocycles. The molecule has 8 heteroatoms. The van der Waals surface area contributed by atoms with Gasteiger partial charge in [-0.25, -0.2) is 14.8 Å². The topological polar surface area (TPSA) is 103 Å². The van der Waals surface area contributed by atoms with Gasteiger partial charge in [0.15, 0.2) is 5.82 Å². The maximum Gasteiger partial charge on any atom is 0.341 e. The summed E-state index contributed by atoms with van der Waals surface area (Å²) >= 11 is 0. The number of nitrogens with zero attached hydrogens (tertiary/aromatic N) is 4. The highest BCUT2D eigenvalue weighted by molar-refractivity contribution is 5.93. The molecule has 8 nitrogen and oxygen atoms in total. The van der Waals surface area contributed by atoms with E-state index in [9.17, 15) is 9.90 Å². The Kier molecular flexibility index (Phi) is 6.01. The molecule has 29 heavy (non-hydrogen) atoms. The Bertz CT molecular complexity index is 851. The van der Waals surface area contributed by atoms with Gasteiger partial charge in [0.05, 0.1) is 0 Å². The Balaban J connectivity index is 1.51. The Morgan fingerprint density at radius 3 is 2.79 bits per heavy atom. The van der Waals surface area contributed by atoms with Gasteiger partial charge in [-0.3, -0.25) is 4.98 Å². The SMILES string of the molecule is CN1CCNCC1Cc1ccc(-c2ncc(C(=O)O)c(NC3CCCC3)n2)nc1. The number of piperazine rings is 1. The lowest BCUT2D eigenvalue weighted by atomic mass is 10.0. The zero-order valence-electron chi connectivity index (χ0n) is 16.8. The van der Waals surface area contributed by atoms with Gasteiger partial charge in [-0.15, -0.1) is 0 Å². The van der Waals surface area contributed by atoms with E-state index in [1.807, 2.05) is 12.3 Å². The molecular weight excluding hydrogens is 368 g/mol. The summed E-state index contributed by atoms with van der Waals surface area (Å²) in [6, 6.07) is 4.71. The molecule has 0 aromatic carbocycles. The number of rotatable bonds is 6. The Labute approximate surface area is 170 Å². The predicted octanol–water partition coefficient (Wildman–Crippen LogP) is 2.04. The van der Waals surface area contributed by atoms with E-state index in [1.54, 1.807) is 0 Å². The standard InChI is InChI=1S/C21H28N6O2/c1-27-9-8-22-12-16(27)10-14-6-7-18(23-11-14)20-24-13-17(21(28)29)19(26-20)25-15-4-2-3-5-15/h6-7,11,13,15-16,22H,2-5,8-10,12H2,1H3,(H,28,29)(H,24,25,26). The van der Waals surface area contributed by atoms with Gasteiger partial charge in [-0.1, -0.05) is 18.9 Å². The van der Waals surface area contributed by atoms with E-state index in [1.165, 1.54) is 11.8 Å². The molecule has 0 radical (unpaired) electrons. The van der Waals surface area contributed by atoms with Crippen LogP contribution in [0.1, 0.15) is 41.6 Å². The number of pyridine rings is 1. The first kappa shape index (κ1) is 19.7. The molecule has 1 aliphatic heterocycles. The van der Waals surface area contributed by atoms with Crippen LogP contribution in [0.5, 0.6) is 0 Å². The van der Waals surface area contributed by atoms with Crippen LogP contribution in [0.2, 0.25) is 0 Å². The predicted molar refractivity (Wildman–Crippen MR) is 111 cm³/mol. The van der Waals surface area contributed by atoms with E-state index in [0.29, 0.717) is 23.4 Å². The molecule has 2 fully saturated rings. The van der Waals surface area contributed by atoms with E-state index in [0.717, 1.165) is 51.7 Å². The molecular formula is C21H28N6O2. The Morgan fingerprint density at radius 2 is 2.10 bits per heavy atom. The number of hydrogen-bond donors (Lipinski definition) is 3. The van der Waals surface area contributed by atoms with Crippen LogP contribution >= 0.6 is 0 Å². The van der Waals surface area contributed by atoms with Crippen LogP contribution in [0.4, 0.5) is 5.82 Å². The zero-order valence-corrected chi connectivity index (χ0v) is 16.8. The summed E-state index contributed by atoms with van der Waals surface area (Å²) in [6.07, 6.45) is 8.58. The van der Waals surface area contributed by atoms with Crippen molar-refractivity contribution in [3.05, 3.63) is 35.7 Å². The van der Waals surface area contributed by atoms with Gasteiger partial charge in [0, 0.05) is 44.1 Å². The lowest BCUT2D eigenvalue weighted by Gasteiger charge is -2.33. The molecule has 1 saturated heterocycles. The van der Waals surface area contributed by atoms with Crippen molar-refractivity contribution >= 4 is 11.8 Å². The number of anilines is 1. The Hall–Kier alpha value is -2.58. The highest BCUT2D eigenvalue weighted by Gasteiger charge is 2.21. The van der Waals surface area contributed by atoms with Gasteiger partial charge in [-0.2, -0.15) is 0 Å². The lowest BCUT2D eigenvalue weighted by molar-refractivity contribution is 0.0697. The summed E-state index contributed by atoms with van der Waals surface area (Å²) in [5, 5.41) is 16.2. The molecule has 2 aliphatic rings. The fraction of sp³-hybridized carbons (Fsp3) is 0.524. The second-order valence-corrected chi connectivity index (χ2v) is 7.98. The van der Waals surface area contributed by atoms with E-state index in [2.05, 4.69) is 43.6 Å². The van der Waals surface area contributed by atoms with Crippen LogP contribution in [0.25, 0.3) is 11.5 Å². The van der Waals surface area contributed by atoms with Crippen molar-refractivity contribution in [2.24, 2.45) is 0 Å². The van der Waals surface area contributed by atoms with Crippen molar-refractivity contribution in [1.29, 1.82) is 0 Å². The van der Waals surface area contributed by atoms with Crippen LogP contribution < -0.4 is 10.6 Å². The number of aromatic nitrogens is 3. The monoisotopic (exact) mass is 396 g/mol. The van der Waals surface area contributed by atoms with Crippen molar-refractivity contribution in [1.82, 2.24) is 25.2 Å². The van der Waals surface area contributed by atoms with Crippen LogP contribution in [0, 0.1) is 0 Å². The van der Waals surface area contributed by atoms with Gasteiger partial charge in [0.2, 0.25) is 0 Å². The second kappa shape index (κ2) is 8.84. The van der Waals surface area contributed by atoms with Crippen molar-refractivity contribution in [3.8, 4) is 11.5 Å². The number of carbonyl (C=O) groups is 1. The largest absolute Gasteiger partial charge is 0.477 e. The normalized spacial score (nSPS) is 20.7. The minimum absolute atomic E-state index is 0.102. The first-order valence-corrected chi connectivity index (χ1v) is 10.3. The summed E-state index contributed by atoms with van der Waals surface area (Å²) in [5.74, 6) is -0.195. The summed E-state index contributed by atoms with van der Waals surface area (Å²) < 4.78 is 0. The van der Waals surface area contributed by atoms with Crippen LogP contribution in [-0.4, -0.2) is 69.7 Å². The highest BCUT2D eigenvalue weighted by atomic mass is 16.4. The average molecular weight is 396 g/mol. The maximum absolute atomic E-state index is 11.6. The van der Waals surface area contributed by atoms with E-state index >= 15 is 0 Å². The van der Waals surface area contributed by atoms with E-state index in [-0.39, 0.29) is 11.6 Å². The zero-order chi connectivity index (χ0) is 20.2. The number of likely N-dealkylation sites (N-methyl/N-ethyl adjacent to an activating group) is 1. The van der Waals surface area contributed by atoms with Crippen molar-refractivity contribution in [3.63, 3.8) is 0 Å².